The summed E-state index contributed by atoms with van der Waals surface area (Å²) in [6, 6.07) is 6.77. The molecule has 3 aromatic rings. The van der Waals surface area contributed by atoms with E-state index in [9.17, 15) is 19.4 Å². The van der Waals surface area contributed by atoms with Crippen LogP contribution >= 0.6 is 11.6 Å². The number of aliphatic hydroxyl groups excluding tert-OH is 1. The van der Waals surface area contributed by atoms with E-state index in [0.717, 1.165) is 10.5 Å². The molecule has 23 heavy (non-hydrogen) atoms. The SMILES string of the molecule is O=c1c(CO)c(Nc2ccc(F)c(Cl)c2)nc2c(O)cccn12. The fourth-order valence-electron chi connectivity index (χ4n) is 2.14. The summed E-state index contributed by atoms with van der Waals surface area (Å²) in [5.74, 6) is -0.709. The molecule has 2 aromatic heterocycles. The summed E-state index contributed by atoms with van der Waals surface area (Å²) in [4.78, 5) is 16.5. The molecular formula is C15H11ClFN3O3. The normalized spacial score (nSPS) is 10.9. The molecular weight excluding hydrogens is 325 g/mol. The van der Waals surface area contributed by atoms with Crippen LogP contribution < -0.4 is 10.9 Å². The fourth-order valence-corrected chi connectivity index (χ4v) is 2.32. The Morgan fingerprint density at radius 3 is 2.83 bits per heavy atom. The van der Waals surface area contributed by atoms with Crippen molar-refractivity contribution in [3.05, 3.63) is 63.3 Å². The van der Waals surface area contributed by atoms with Crippen molar-refractivity contribution in [1.82, 2.24) is 9.38 Å². The van der Waals surface area contributed by atoms with Gasteiger partial charge in [0.2, 0.25) is 0 Å². The fraction of sp³-hybridized carbons (Fsp3) is 0.0667. The van der Waals surface area contributed by atoms with Gasteiger partial charge in [0, 0.05) is 11.9 Å². The van der Waals surface area contributed by atoms with Gasteiger partial charge in [-0.3, -0.25) is 9.20 Å². The van der Waals surface area contributed by atoms with Crippen molar-refractivity contribution in [1.29, 1.82) is 0 Å². The second kappa shape index (κ2) is 5.86. The van der Waals surface area contributed by atoms with E-state index in [1.807, 2.05) is 0 Å². The predicted octanol–water partition coefficient (Wildman–Crippen LogP) is 2.43. The van der Waals surface area contributed by atoms with Crippen molar-refractivity contribution >= 4 is 28.8 Å². The van der Waals surface area contributed by atoms with Gasteiger partial charge in [0.05, 0.1) is 17.2 Å². The van der Waals surface area contributed by atoms with Gasteiger partial charge in [0.25, 0.3) is 5.56 Å². The molecule has 118 valence electrons. The number of aliphatic hydroxyl groups is 1. The summed E-state index contributed by atoms with van der Waals surface area (Å²) in [5.41, 5.74) is -0.0964. The van der Waals surface area contributed by atoms with Crippen molar-refractivity contribution in [3.63, 3.8) is 0 Å². The molecule has 8 heteroatoms. The number of pyridine rings is 1. The maximum Gasteiger partial charge on any atom is 0.265 e. The second-order valence-corrected chi connectivity index (χ2v) is 5.15. The topological polar surface area (TPSA) is 86.9 Å². The Labute approximate surface area is 134 Å². The lowest BCUT2D eigenvalue weighted by atomic mass is 10.2. The summed E-state index contributed by atoms with van der Waals surface area (Å²) in [6.07, 6.45) is 1.43. The van der Waals surface area contributed by atoms with E-state index in [4.69, 9.17) is 11.6 Å². The Kier molecular flexibility index (Phi) is 3.89. The predicted molar refractivity (Wildman–Crippen MR) is 83.7 cm³/mol. The number of halogens is 2. The van der Waals surface area contributed by atoms with Crippen molar-refractivity contribution in [2.24, 2.45) is 0 Å². The van der Waals surface area contributed by atoms with Gasteiger partial charge in [-0.1, -0.05) is 11.6 Å². The van der Waals surface area contributed by atoms with Gasteiger partial charge >= 0.3 is 0 Å². The number of rotatable bonds is 3. The molecule has 2 heterocycles. The average molecular weight is 336 g/mol. The van der Waals surface area contributed by atoms with Gasteiger partial charge in [0.1, 0.15) is 11.6 Å². The van der Waals surface area contributed by atoms with Crippen LogP contribution in [0.2, 0.25) is 5.02 Å². The first kappa shape index (κ1) is 15.3. The number of nitrogens with zero attached hydrogens (tertiary/aromatic N) is 2. The van der Waals surface area contributed by atoms with Gasteiger partial charge in [-0.05, 0) is 30.3 Å². The minimum atomic E-state index is -0.580. The Hall–Kier alpha value is -2.64. The van der Waals surface area contributed by atoms with Crippen molar-refractivity contribution in [2.75, 3.05) is 5.32 Å². The third-order valence-electron chi connectivity index (χ3n) is 3.27. The highest BCUT2D eigenvalue weighted by Crippen LogP contribution is 2.24. The maximum atomic E-state index is 13.2. The van der Waals surface area contributed by atoms with Crippen LogP contribution in [0.3, 0.4) is 0 Å². The van der Waals surface area contributed by atoms with Crippen LogP contribution in [-0.4, -0.2) is 19.6 Å². The molecule has 0 aliphatic rings. The highest BCUT2D eigenvalue weighted by molar-refractivity contribution is 6.31. The molecule has 0 aliphatic heterocycles. The molecule has 0 amide bonds. The number of hydrogen-bond donors (Lipinski definition) is 3. The molecule has 0 fully saturated rings. The lowest BCUT2D eigenvalue weighted by Gasteiger charge is -2.12. The van der Waals surface area contributed by atoms with E-state index in [2.05, 4.69) is 10.3 Å². The van der Waals surface area contributed by atoms with Crippen LogP contribution in [0.4, 0.5) is 15.9 Å². The lowest BCUT2D eigenvalue weighted by molar-refractivity contribution is 0.280. The van der Waals surface area contributed by atoms with Gasteiger partial charge < -0.3 is 15.5 Å². The van der Waals surface area contributed by atoms with E-state index in [1.54, 1.807) is 0 Å². The van der Waals surface area contributed by atoms with Crippen molar-refractivity contribution < 1.29 is 14.6 Å². The molecule has 6 nitrogen and oxygen atoms in total. The van der Waals surface area contributed by atoms with Crippen molar-refractivity contribution in [2.45, 2.75) is 6.61 Å². The second-order valence-electron chi connectivity index (χ2n) is 4.74. The molecule has 0 radical (unpaired) electrons. The molecule has 3 rings (SSSR count). The zero-order valence-corrected chi connectivity index (χ0v) is 12.4. The number of aromatic nitrogens is 2. The van der Waals surface area contributed by atoms with E-state index >= 15 is 0 Å². The van der Waals surface area contributed by atoms with Crippen LogP contribution in [0.25, 0.3) is 5.65 Å². The quantitative estimate of drug-likeness (QED) is 0.684. The third kappa shape index (κ3) is 2.71. The number of fused-ring (bicyclic) bond motifs is 1. The summed E-state index contributed by atoms with van der Waals surface area (Å²) in [7, 11) is 0. The van der Waals surface area contributed by atoms with E-state index in [0.29, 0.717) is 5.69 Å². The summed E-state index contributed by atoms with van der Waals surface area (Å²) >= 11 is 5.71. The van der Waals surface area contributed by atoms with Crippen LogP contribution in [0, 0.1) is 5.82 Å². The largest absolute Gasteiger partial charge is 0.504 e. The number of hydrogen-bond acceptors (Lipinski definition) is 5. The molecule has 3 N–H and O–H groups in total. The van der Waals surface area contributed by atoms with Crippen LogP contribution in [-0.2, 0) is 6.61 Å². The van der Waals surface area contributed by atoms with Crippen LogP contribution in [0.5, 0.6) is 5.75 Å². The molecule has 1 aromatic carbocycles. The first-order valence-corrected chi connectivity index (χ1v) is 6.95. The standard InChI is InChI=1S/C15H11ClFN3O3/c16-10-6-8(3-4-11(10)17)18-13-9(7-21)15(23)20-5-1-2-12(22)14(20)19-13/h1-6,18,21-22H,7H2. The van der Waals surface area contributed by atoms with E-state index in [1.165, 1.54) is 30.5 Å². The monoisotopic (exact) mass is 335 g/mol. The van der Waals surface area contributed by atoms with Gasteiger partial charge in [0.15, 0.2) is 11.4 Å². The summed E-state index contributed by atoms with van der Waals surface area (Å²) in [5, 5.41) is 22.0. The highest BCUT2D eigenvalue weighted by Gasteiger charge is 2.14. The Morgan fingerprint density at radius 2 is 2.13 bits per heavy atom. The maximum absolute atomic E-state index is 13.2. The van der Waals surface area contributed by atoms with Crippen molar-refractivity contribution in [3.8, 4) is 5.75 Å². The Bertz CT molecular complexity index is 959. The molecule has 0 atom stereocenters. The number of benzene rings is 1. The van der Waals surface area contributed by atoms with Gasteiger partial charge in [-0.25, -0.2) is 9.37 Å². The summed E-state index contributed by atoms with van der Waals surface area (Å²) < 4.78 is 14.3. The van der Waals surface area contributed by atoms with E-state index < -0.39 is 18.0 Å². The van der Waals surface area contributed by atoms with E-state index in [-0.39, 0.29) is 27.8 Å². The number of anilines is 2. The Morgan fingerprint density at radius 1 is 1.35 bits per heavy atom. The third-order valence-corrected chi connectivity index (χ3v) is 3.56. The number of nitrogens with one attached hydrogen (secondary N) is 1. The molecule has 0 saturated carbocycles. The smallest absolute Gasteiger partial charge is 0.265 e. The first-order valence-electron chi connectivity index (χ1n) is 6.57. The molecule has 0 aliphatic carbocycles. The Balaban J connectivity index is 2.18. The number of aromatic hydroxyl groups is 1. The van der Waals surface area contributed by atoms with Crippen LogP contribution in [0.15, 0.2) is 41.3 Å². The average Bonchev–Trinajstić information content (AvgIpc) is 2.52. The molecule has 0 bridgehead atoms. The zero-order chi connectivity index (χ0) is 16.6. The molecule has 0 unspecified atom stereocenters. The molecule has 0 saturated heterocycles. The van der Waals surface area contributed by atoms with Crippen LogP contribution in [0.1, 0.15) is 5.56 Å². The highest BCUT2D eigenvalue weighted by atomic mass is 35.5. The minimum absolute atomic E-state index is 0.00791. The first-order chi connectivity index (χ1) is 11.0. The summed E-state index contributed by atoms with van der Waals surface area (Å²) in [6.45, 7) is -0.554. The zero-order valence-electron chi connectivity index (χ0n) is 11.6. The van der Waals surface area contributed by atoms with Gasteiger partial charge in [-0.2, -0.15) is 0 Å². The molecule has 0 spiro atoms. The minimum Gasteiger partial charge on any atom is -0.504 e. The lowest BCUT2D eigenvalue weighted by Crippen LogP contribution is -2.21. The van der Waals surface area contributed by atoms with Gasteiger partial charge in [-0.15, -0.1) is 0 Å².